The van der Waals surface area contributed by atoms with Gasteiger partial charge in [-0.3, -0.25) is 4.72 Å². The highest BCUT2D eigenvalue weighted by atomic mass is 32.2. The fraction of sp³-hybridized carbons (Fsp3) is 0.375. The van der Waals surface area contributed by atoms with Gasteiger partial charge in [0.25, 0.3) is 0 Å². The zero-order valence-corrected chi connectivity index (χ0v) is 8.85. The van der Waals surface area contributed by atoms with E-state index in [1.807, 2.05) is 13.8 Å². The molecule has 1 aliphatic rings. The number of nitrogens with one attached hydrogen (secondary N) is 1. The Morgan fingerprint density at radius 1 is 1.43 bits per heavy atom. The summed E-state index contributed by atoms with van der Waals surface area (Å²) < 4.78 is 6.93. The molecule has 0 radical (unpaired) electrons. The van der Waals surface area contributed by atoms with Gasteiger partial charge in [0.15, 0.2) is 11.7 Å². The van der Waals surface area contributed by atoms with Gasteiger partial charge in [-0.1, -0.05) is 6.92 Å². The molecule has 0 amide bonds. The Labute approximate surface area is 86.5 Å². The standard InChI is InChI=1S/C8H11N5S/c1-3-5-4(2)10-8-6(11-5)7(9)12-14-13-8/h3H2,1-2H3,(H2,9,12)(H,10,13). The van der Waals surface area contributed by atoms with E-state index in [2.05, 4.69) is 19.1 Å². The number of hydrogen-bond acceptors (Lipinski definition) is 6. The molecule has 2 heterocycles. The molecule has 2 rings (SSSR count). The van der Waals surface area contributed by atoms with Crippen LogP contribution in [0.25, 0.3) is 0 Å². The highest BCUT2D eigenvalue weighted by molar-refractivity contribution is 7.99. The summed E-state index contributed by atoms with van der Waals surface area (Å²) in [4.78, 5) is 8.80. The minimum atomic E-state index is 0.436. The smallest absolute Gasteiger partial charge is 0.167 e. The fourth-order valence-corrected chi connectivity index (χ4v) is 1.76. The number of nitrogens with zero attached hydrogens (tertiary/aromatic N) is 3. The maximum Gasteiger partial charge on any atom is 0.167 e. The van der Waals surface area contributed by atoms with Gasteiger partial charge in [0.05, 0.1) is 23.5 Å². The van der Waals surface area contributed by atoms with E-state index in [1.165, 1.54) is 12.1 Å². The van der Waals surface area contributed by atoms with Crippen molar-refractivity contribution in [2.75, 3.05) is 4.72 Å². The van der Waals surface area contributed by atoms with Crippen LogP contribution in [0.5, 0.6) is 0 Å². The predicted octanol–water partition coefficient (Wildman–Crippen LogP) is 1.04. The quantitative estimate of drug-likeness (QED) is 0.676. The van der Waals surface area contributed by atoms with Crippen molar-refractivity contribution in [1.29, 1.82) is 0 Å². The molecule has 1 aliphatic heterocycles. The first-order valence-corrected chi connectivity index (χ1v) is 5.13. The van der Waals surface area contributed by atoms with E-state index in [0.29, 0.717) is 17.3 Å². The molecule has 0 saturated carbocycles. The van der Waals surface area contributed by atoms with Crippen LogP contribution < -0.4 is 10.5 Å². The molecule has 0 atom stereocenters. The van der Waals surface area contributed by atoms with E-state index in [4.69, 9.17) is 5.73 Å². The van der Waals surface area contributed by atoms with E-state index in [0.717, 1.165) is 17.8 Å². The number of hydrogen-bond donors (Lipinski definition) is 2. The van der Waals surface area contributed by atoms with Gasteiger partial charge >= 0.3 is 0 Å². The van der Waals surface area contributed by atoms with Gasteiger partial charge in [-0.2, -0.15) is 4.40 Å². The van der Waals surface area contributed by atoms with Crippen molar-refractivity contribution in [2.45, 2.75) is 20.3 Å². The second kappa shape index (κ2) is 3.45. The number of amidine groups is 1. The van der Waals surface area contributed by atoms with Crippen molar-refractivity contribution in [3.05, 3.63) is 17.1 Å². The fourth-order valence-electron chi connectivity index (χ4n) is 1.30. The largest absolute Gasteiger partial charge is 0.381 e. The van der Waals surface area contributed by atoms with Gasteiger partial charge in [-0.05, 0) is 13.3 Å². The van der Waals surface area contributed by atoms with Crippen LogP contribution in [-0.2, 0) is 6.42 Å². The molecule has 1 aromatic rings. The third-order valence-corrected chi connectivity index (χ3v) is 2.60. The lowest BCUT2D eigenvalue weighted by molar-refractivity contribution is 0.954. The molecule has 0 spiro atoms. The molecular weight excluding hydrogens is 198 g/mol. The Morgan fingerprint density at radius 2 is 2.21 bits per heavy atom. The lowest BCUT2D eigenvalue weighted by Crippen LogP contribution is -2.21. The molecule has 0 unspecified atom stereocenters. The molecule has 0 saturated heterocycles. The van der Waals surface area contributed by atoms with Crippen molar-refractivity contribution in [2.24, 2.45) is 10.1 Å². The van der Waals surface area contributed by atoms with Crippen LogP contribution in [0.4, 0.5) is 5.82 Å². The van der Waals surface area contributed by atoms with Crippen LogP contribution in [0.3, 0.4) is 0 Å². The number of anilines is 1. The third kappa shape index (κ3) is 1.41. The lowest BCUT2D eigenvalue weighted by Gasteiger charge is -2.14. The SMILES string of the molecule is CCc1nc2c(nc1C)NSN=C2N. The monoisotopic (exact) mass is 209 g/mol. The zero-order valence-electron chi connectivity index (χ0n) is 8.03. The summed E-state index contributed by atoms with van der Waals surface area (Å²) in [7, 11) is 0. The number of fused-ring (bicyclic) bond motifs is 1. The summed E-state index contributed by atoms with van der Waals surface area (Å²) in [5.41, 5.74) is 8.27. The summed E-state index contributed by atoms with van der Waals surface area (Å²) in [6.45, 7) is 3.99. The van der Waals surface area contributed by atoms with E-state index in [-0.39, 0.29) is 0 Å². The van der Waals surface area contributed by atoms with Crippen molar-refractivity contribution < 1.29 is 0 Å². The maximum atomic E-state index is 5.71. The first-order chi connectivity index (χ1) is 6.72. The zero-order chi connectivity index (χ0) is 10.1. The second-order valence-electron chi connectivity index (χ2n) is 2.98. The number of aryl methyl sites for hydroxylation is 2. The Kier molecular flexibility index (Phi) is 2.28. The van der Waals surface area contributed by atoms with E-state index in [9.17, 15) is 0 Å². The minimum Gasteiger partial charge on any atom is -0.381 e. The molecule has 0 aliphatic carbocycles. The minimum absolute atomic E-state index is 0.436. The number of nitrogens with two attached hydrogens (primary N) is 1. The molecule has 0 fully saturated rings. The van der Waals surface area contributed by atoms with Crippen molar-refractivity contribution in [1.82, 2.24) is 9.97 Å². The van der Waals surface area contributed by atoms with Crippen LogP contribution >= 0.6 is 12.1 Å². The van der Waals surface area contributed by atoms with E-state index < -0.39 is 0 Å². The molecule has 6 heteroatoms. The molecule has 0 aromatic carbocycles. The summed E-state index contributed by atoms with van der Waals surface area (Å²) in [5.74, 6) is 1.14. The van der Waals surface area contributed by atoms with Crippen LogP contribution in [0.1, 0.15) is 24.0 Å². The second-order valence-corrected chi connectivity index (χ2v) is 3.55. The average molecular weight is 209 g/mol. The number of rotatable bonds is 1. The van der Waals surface area contributed by atoms with Crippen molar-refractivity contribution >= 4 is 23.8 Å². The molecule has 0 bridgehead atoms. The van der Waals surface area contributed by atoms with Crippen LogP contribution in [0.2, 0.25) is 0 Å². The lowest BCUT2D eigenvalue weighted by atomic mass is 10.2. The molecule has 14 heavy (non-hydrogen) atoms. The predicted molar refractivity (Wildman–Crippen MR) is 58.1 cm³/mol. The van der Waals surface area contributed by atoms with Gasteiger partial charge in [0.2, 0.25) is 0 Å². The normalized spacial score (nSPS) is 14.3. The van der Waals surface area contributed by atoms with Crippen LogP contribution in [-0.4, -0.2) is 15.8 Å². The maximum absolute atomic E-state index is 5.71. The van der Waals surface area contributed by atoms with Gasteiger partial charge in [-0.25, -0.2) is 9.97 Å². The first kappa shape index (κ1) is 9.26. The molecular formula is C8H11N5S. The van der Waals surface area contributed by atoms with Crippen molar-refractivity contribution in [3.8, 4) is 0 Å². The Balaban J connectivity index is 2.57. The number of aromatic nitrogens is 2. The Bertz CT molecular complexity index is 401. The first-order valence-electron chi connectivity index (χ1n) is 4.35. The van der Waals surface area contributed by atoms with Crippen LogP contribution in [0.15, 0.2) is 4.40 Å². The molecule has 5 nitrogen and oxygen atoms in total. The van der Waals surface area contributed by atoms with Gasteiger partial charge in [0, 0.05) is 0 Å². The molecule has 1 aromatic heterocycles. The molecule has 3 N–H and O–H groups in total. The van der Waals surface area contributed by atoms with E-state index in [1.54, 1.807) is 0 Å². The Morgan fingerprint density at radius 3 is 2.93 bits per heavy atom. The summed E-state index contributed by atoms with van der Waals surface area (Å²) in [6.07, 6.45) is 0.854. The van der Waals surface area contributed by atoms with Gasteiger partial charge < -0.3 is 5.73 Å². The summed E-state index contributed by atoms with van der Waals surface area (Å²) in [5, 5.41) is 0. The van der Waals surface area contributed by atoms with Crippen LogP contribution in [0, 0.1) is 6.92 Å². The van der Waals surface area contributed by atoms with Crippen molar-refractivity contribution in [3.63, 3.8) is 0 Å². The molecule has 74 valence electrons. The van der Waals surface area contributed by atoms with Gasteiger partial charge in [-0.15, -0.1) is 0 Å². The Hall–Kier alpha value is -1.30. The third-order valence-electron chi connectivity index (χ3n) is 2.03. The average Bonchev–Trinajstić information content (AvgIpc) is 2.17. The highest BCUT2D eigenvalue weighted by Crippen LogP contribution is 2.22. The highest BCUT2D eigenvalue weighted by Gasteiger charge is 2.16. The topological polar surface area (TPSA) is 76.2 Å². The summed E-state index contributed by atoms with van der Waals surface area (Å²) >= 11 is 1.18. The van der Waals surface area contributed by atoms with E-state index >= 15 is 0 Å². The summed E-state index contributed by atoms with van der Waals surface area (Å²) in [6, 6.07) is 0. The van der Waals surface area contributed by atoms with Gasteiger partial charge in [0.1, 0.15) is 5.69 Å².